The van der Waals surface area contributed by atoms with Crippen molar-refractivity contribution in [1.29, 1.82) is 0 Å². The molecule has 3 saturated heterocycles. The molecule has 3 heterocycles. The maximum atomic E-state index is 13.2. The van der Waals surface area contributed by atoms with Gasteiger partial charge in [0.15, 0.2) is 0 Å². The fourth-order valence-electron chi connectivity index (χ4n) is 7.19. The summed E-state index contributed by atoms with van der Waals surface area (Å²) in [5.41, 5.74) is 1.23. The summed E-state index contributed by atoms with van der Waals surface area (Å²) in [6.45, 7) is 0.548. The van der Waals surface area contributed by atoms with Crippen LogP contribution in [0.4, 0.5) is 10.5 Å². The Morgan fingerprint density at radius 3 is 2.14 bits per heavy atom. The third-order valence-electron chi connectivity index (χ3n) is 10.3. The molecule has 56 heavy (non-hydrogen) atoms. The van der Waals surface area contributed by atoms with Crippen molar-refractivity contribution < 1.29 is 53.9 Å². The van der Waals surface area contributed by atoms with Crippen LogP contribution in [0.1, 0.15) is 31.2 Å². The summed E-state index contributed by atoms with van der Waals surface area (Å²) in [7, 11) is 1.21. The molecule has 20 heteroatoms. The highest BCUT2D eigenvalue weighted by atomic mass is 32.2. The zero-order valence-corrected chi connectivity index (χ0v) is 32.7. The number of nitrogens with zero attached hydrogens (tertiary/aromatic N) is 5. The van der Waals surface area contributed by atoms with E-state index < -0.39 is 29.9 Å². The van der Waals surface area contributed by atoms with Crippen molar-refractivity contribution in [3.05, 3.63) is 29.8 Å². The topological polar surface area (TPSA) is 245 Å². The van der Waals surface area contributed by atoms with Crippen molar-refractivity contribution in [2.45, 2.75) is 55.5 Å². The summed E-state index contributed by atoms with van der Waals surface area (Å²) in [5, 5.41) is 48.1. The Hall–Kier alpha value is -4.05. The van der Waals surface area contributed by atoms with Crippen LogP contribution in [0.3, 0.4) is 0 Å². The smallest absolute Gasteiger partial charge is 0.325 e. The summed E-state index contributed by atoms with van der Waals surface area (Å²) in [6.07, 6.45) is 2.59. The van der Waals surface area contributed by atoms with Crippen molar-refractivity contribution >= 4 is 53.2 Å². The number of methoxy groups -OCH3 is 1. The maximum absolute atomic E-state index is 13.2. The summed E-state index contributed by atoms with van der Waals surface area (Å²) < 4.78 is 4.76. The number of ether oxygens (including phenoxy) is 1. The van der Waals surface area contributed by atoms with Crippen molar-refractivity contribution in [3.63, 3.8) is 0 Å². The lowest BCUT2D eigenvalue weighted by Gasteiger charge is -2.37. The number of benzene rings is 1. The molecule has 1 aromatic rings. The average Bonchev–Trinajstić information content (AvgIpc) is 3.71. The predicted molar refractivity (Wildman–Crippen MR) is 206 cm³/mol. The molecular formula is C36H56N8O11S. The largest absolute Gasteiger partial charge is 0.480 e. The molecule has 0 radical (unpaired) electrons. The van der Waals surface area contributed by atoms with Gasteiger partial charge in [-0.3, -0.25) is 43.6 Å². The molecule has 0 spiro atoms. The summed E-state index contributed by atoms with van der Waals surface area (Å²) >= 11 is 1.79. The quantitative estimate of drug-likeness (QED) is 0.0510. The molecule has 0 bridgehead atoms. The van der Waals surface area contributed by atoms with E-state index in [4.69, 9.17) is 4.74 Å². The number of anilines is 1. The second-order valence-electron chi connectivity index (χ2n) is 14.3. The Labute approximate surface area is 330 Å². The maximum Gasteiger partial charge on any atom is 0.325 e. The molecule has 312 valence electrons. The van der Waals surface area contributed by atoms with Gasteiger partial charge in [0.05, 0.1) is 45.7 Å². The molecule has 0 saturated carbocycles. The molecule has 0 aromatic heterocycles. The van der Waals surface area contributed by atoms with Crippen molar-refractivity contribution in [2.75, 3.05) is 104 Å². The number of carbonyl (C=O) groups is 6. The van der Waals surface area contributed by atoms with Gasteiger partial charge in [0.2, 0.25) is 11.8 Å². The number of hydrogen-bond acceptors (Lipinski definition) is 14. The first-order valence-corrected chi connectivity index (χ1v) is 19.9. The lowest BCUT2D eigenvalue weighted by atomic mass is 10.0. The van der Waals surface area contributed by atoms with Gasteiger partial charge in [-0.25, -0.2) is 4.79 Å². The van der Waals surface area contributed by atoms with Crippen LogP contribution < -0.4 is 16.0 Å². The number of esters is 1. The zero-order valence-electron chi connectivity index (χ0n) is 31.8. The van der Waals surface area contributed by atoms with Gasteiger partial charge in [-0.15, -0.1) is 0 Å². The van der Waals surface area contributed by atoms with E-state index in [0.717, 1.165) is 29.1 Å². The molecule has 4 amide bonds. The minimum absolute atomic E-state index is 0.0705. The van der Waals surface area contributed by atoms with Gasteiger partial charge in [0.1, 0.15) is 13.1 Å². The monoisotopic (exact) mass is 808 g/mol. The first kappa shape index (κ1) is 44.7. The molecular weight excluding hydrogens is 753 g/mol. The Morgan fingerprint density at radius 1 is 0.875 bits per heavy atom. The van der Waals surface area contributed by atoms with E-state index in [-0.39, 0.29) is 88.4 Å². The van der Waals surface area contributed by atoms with Gasteiger partial charge in [-0.1, -0.05) is 18.6 Å². The van der Waals surface area contributed by atoms with E-state index in [1.54, 1.807) is 55.6 Å². The number of thioether (sulfide) groups is 1. The number of urea groups is 1. The van der Waals surface area contributed by atoms with E-state index >= 15 is 0 Å². The van der Waals surface area contributed by atoms with E-state index in [1.165, 1.54) is 7.11 Å². The van der Waals surface area contributed by atoms with Gasteiger partial charge in [0, 0.05) is 75.0 Å². The number of carbonyl (C=O) groups excluding carboxylic acids is 4. The molecule has 4 rings (SSSR count). The van der Waals surface area contributed by atoms with E-state index in [2.05, 4.69) is 16.0 Å². The number of amides is 4. The number of carboxylic acids is 2. The number of aliphatic hydroxyl groups excluding tert-OH is 2. The van der Waals surface area contributed by atoms with Crippen molar-refractivity contribution in [1.82, 2.24) is 35.1 Å². The number of hydrogen-bond donors (Lipinski definition) is 7. The number of fused-ring (bicyclic) bond motifs is 1. The lowest BCUT2D eigenvalue weighted by Crippen LogP contribution is -2.53. The Bertz CT molecular complexity index is 1490. The Morgan fingerprint density at radius 2 is 1.52 bits per heavy atom. The second kappa shape index (κ2) is 22.6. The number of rotatable bonds is 18. The Balaban J connectivity index is 1.37. The van der Waals surface area contributed by atoms with Crippen LogP contribution in [0.15, 0.2) is 24.3 Å². The van der Waals surface area contributed by atoms with Crippen LogP contribution in [0.25, 0.3) is 0 Å². The minimum atomic E-state index is -1.05. The van der Waals surface area contributed by atoms with Crippen LogP contribution in [-0.4, -0.2) is 202 Å². The van der Waals surface area contributed by atoms with Gasteiger partial charge in [0.25, 0.3) is 0 Å². The molecule has 19 nitrogen and oxygen atoms in total. The Kier molecular flexibility index (Phi) is 18.0. The number of aliphatic hydroxyl groups is 2. The van der Waals surface area contributed by atoms with E-state index in [0.29, 0.717) is 51.3 Å². The normalized spacial score (nSPS) is 22.9. The third-order valence-corrected chi connectivity index (χ3v) is 11.8. The number of nitrogens with one attached hydrogen (secondary N) is 3. The van der Waals surface area contributed by atoms with Crippen LogP contribution in [0, 0.1) is 0 Å². The molecule has 3 aliphatic rings. The molecule has 0 aliphatic carbocycles. The van der Waals surface area contributed by atoms with Crippen LogP contribution >= 0.6 is 11.8 Å². The number of carboxylic acid groups (broad SMARTS) is 2. The number of unbranched alkanes of at least 4 members (excludes halogenated alkanes) is 1. The highest BCUT2D eigenvalue weighted by molar-refractivity contribution is 8.00. The van der Waals surface area contributed by atoms with E-state index in [9.17, 15) is 49.2 Å². The highest BCUT2D eigenvalue weighted by Gasteiger charge is 2.42. The summed E-state index contributed by atoms with van der Waals surface area (Å²) in [5.74, 6) is -2.78. The second-order valence-corrected chi connectivity index (χ2v) is 15.6. The highest BCUT2D eigenvalue weighted by Crippen LogP contribution is 2.33. The number of aliphatic carboxylic acids is 2. The first-order valence-electron chi connectivity index (χ1n) is 18.9. The lowest BCUT2D eigenvalue weighted by molar-refractivity contribution is -0.147. The van der Waals surface area contributed by atoms with Crippen molar-refractivity contribution in [2.24, 2.45) is 0 Å². The standard InChI is InChI=1S/C36H56N8O11S/c1-55-34(53)21-44(31(48)5-3-2-4-29-35-28(22-56-29)38-36(54)39-35)18-30(47)37-26-8-6-25(7-9-26)16-27-17-42(19-32(49)50)13-12-40(23-45)10-11-41(24-46)14-15-43(27)20-33(51)52/h6-9,27-29,35,45-46H,2-5,10-24H2,1H3,(H,37,47)(H,49,50)(H,51,52)(H2,38,39,54). The molecule has 7 N–H and O–H groups in total. The summed E-state index contributed by atoms with van der Waals surface area (Å²) in [4.78, 5) is 82.0. The average molecular weight is 809 g/mol. The predicted octanol–water partition coefficient (Wildman–Crippen LogP) is -1.45. The van der Waals surface area contributed by atoms with Gasteiger partial charge >= 0.3 is 23.9 Å². The van der Waals surface area contributed by atoms with Gasteiger partial charge in [-0.2, -0.15) is 11.8 Å². The van der Waals surface area contributed by atoms with E-state index in [1.807, 2.05) is 0 Å². The van der Waals surface area contributed by atoms with Gasteiger partial charge in [-0.05, 0) is 37.0 Å². The fourth-order valence-corrected chi connectivity index (χ4v) is 8.73. The van der Waals surface area contributed by atoms with Crippen molar-refractivity contribution in [3.8, 4) is 0 Å². The van der Waals surface area contributed by atoms with Gasteiger partial charge < -0.3 is 46.0 Å². The summed E-state index contributed by atoms with van der Waals surface area (Å²) in [6, 6.07) is 6.48. The fraction of sp³-hybridized carbons (Fsp3) is 0.667. The molecule has 3 fully saturated rings. The molecule has 4 unspecified atom stereocenters. The third kappa shape index (κ3) is 14.5. The van der Waals surface area contributed by atoms with Crippen LogP contribution in [0.5, 0.6) is 0 Å². The zero-order chi connectivity index (χ0) is 40.6. The molecule has 3 aliphatic heterocycles. The van der Waals surface area contributed by atoms with Crippen LogP contribution in [-0.2, 0) is 35.1 Å². The molecule has 1 aromatic carbocycles. The van der Waals surface area contributed by atoms with Crippen LogP contribution in [0.2, 0.25) is 0 Å². The minimum Gasteiger partial charge on any atom is -0.480 e. The first-order chi connectivity index (χ1) is 26.9. The molecule has 4 atom stereocenters. The SMILES string of the molecule is COC(=O)CN(CC(=O)Nc1ccc(CC2CN(CC(=O)O)CCN(CO)CCN(CO)CCN2CC(=O)O)cc1)C(=O)CCCCC1SCC2NC(=O)NC21.